The molecule has 0 aliphatic carbocycles. The van der Waals surface area contributed by atoms with Crippen molar-refractivity contribution < 1.29 is 34.2 Å². The Morgan fingerprint density at radius 1 is 1.04 bits per heavy atom. The number of carbonyl (C=O) groups excluding carboxylic acids is 3. The summed E-state index contributed by atoms with van der Waals surface area (Å²) in [4.78, 5) is 57.6. The Balaban J connectivity index is 2.68. The van der Waals surface area contributed by atoms with Crippen molar-refractivity contribution in [1.29, 1.82) is 0 Å². The van der Waals surface area contributed by atoms with Crippen LogP contribution in [0.3, 0.4) is 0 Å². The number of aliphatic carboxylic acids is 2. The number of carbonyl (C=O) groups is 5. The Morgan fingerprint density at radius 2 is 1.73 bits per heavy atom. The van der Waals surface area contributed by atoms with Gasteiger partial charge in [-0.3, -0.25) is 24.0 Å². The first-order chi connectivity index (χ1) is 12.2. The third-order valence-electron chi connectivity index (χ3n) is 3.62. The molecule has 0 bridgehead atoms. The highest BCUT2D eigenvalue weighted by atomic mass is 32.1. The zero-order valence-electron chi connectivity index (χ0n) is 13.9. The Morgan fingerprint density at radius 3 is 2.23 bits per heavy atom. The third kappa shape index (κ3) is 7.27. The van der Waals surface area contributed by atoms with Gasteiger partial charge in [0.2, 0.25) is 17.7 Å². The molecule has 0 spiro atoms. The number of hydrogen-bond donors (Lipinski definition) is 7. The zero-order valence-corrected chi connectivity index (χ0v) is 14.8. The van der Waals surface area contributed by atoms with E-state index in [1.807, 2.05) is 5.32 Å². The molecular weight excluding hydrogens is 368 g/mol. The first-order valence-corrected chi connectivity index (χ1v) is 8.54. The van der Waals surface area contributed by atoms with E-state index < -0.39 is 54.8 Å². The predicted molar refractivity (Wildman–Crippen MR) is 91.6 cm³/mol. The second-order valence-electron chi connectivity index (χ2n) is 5.66. The number of carboxylic acid groups (broad SMARTS) is 2. The van der Waals surface area contributed by atoms with Crippen LogP contribution in [0.1, 0.15) is 19.3 Å². The minimum atomic E-state index is -1.48. The van der Waals surface area contributed by atoms with Crippen molar-refractivity contribution in [3.63, 3.8) is 0 Å². The SMILES string of the molecule is O=C(O)CNC(=O)C(CC(=O)O)NC(=O)C(CS)NC(=O)C1CCCN1. The fraction of sp³-hybridized carbons (Fsp3) is 0.643. The molecule has 0 aromatic carbocycles. The summed E-state index contributed by atoms with van der Waals surface area (Å²) in [5, 5.41) is 27.1. The summed E-state index contributed by atoms with van der Waals surface area (Å²) in [5.41, 5.74) is 0. The van der Waals surface area contributed by atoms with Crippen LogP contribution in [0.5, 0.6) is 0 Å². The van der Waals surface area contributed by atoms with Gasteiger partial charge in [0.25, 0.3) is 0 Å². The summed E-state index contributed by atoms with van der Waals surface area (Å²) >= 11 is 3.99. The number of hydrogen-bond acceptors (Lipinski definition) is 7. The van der Waals surface area contributed by atoms with Gasteiger partial charge >= 0.3 is 11.9 Å². The molecule has 0 aromatic rings. The molecule has 1 aliphatic rings. The van der Waals surface area contributed by atoms with Gasteiger partial charge in [-0.25, -0.2) is 0 Å². The quantitative estimate of drug-likeness (QED) is 0.197. The van der Waals surface area contributed by atoms with Crippen LogP contribution in [0.15, 0.2) is 0 Å². The largest absolute Gasteiger partial charge is 0.481 e. The monoisotopic (exact) mass is 390 g/mol. The van der Waals surface area contributed by atoms with Crippen molar-refractivity contribution in [3.05, 3.63) is 0 Å². The van der Waals surface area contributed by atoms with Crippen LogP contribution in [0.2, 0.25) is 0 Å². The van der Waals surface area contributed by atoms with E-state index in [9.17, 15) is 24.0 Å². The summed E-state index contributed by atoms with van der Waals surface area (Å²) in [6, 6.07) is -2.97. The maximum atomic E-state index is 12.3. The lowest BCUT2D eigenvalue weighted by molar-refractivity contribution is -0.141. The Hall–Kier alpha value is -2.34. The van der Waals surface area contributed by atoms with E-state index in [1.165, 1.54) is 0 Å². The van der Waals surface area contributed by atoms with Crippen molar-refractivity contribution in [3.8, 4) is 0 Å². The normalized spacial score (nSPS) is 18.4. The Bertz CT molecular complexity index is 565. The second kappa shape index (κ2) is 10.6. The van der Waals surface area contributed by atoms with Crippen molar-refractivity contribution in [2.45, 2.75) is 37.4 Å². The summed E-state index contributed by atoms with van der Waals surface area (Å²) in [7, 11) is 0. The highest BCUT2D eigenvalue weighted by Gasteiger charge is 2.30. The van der Waals surface area contributed by atoms with Crippen LogP contribution in [-0.4, -0.2) is 76.8 Å². The van der Waals surface area contributed by atoms with Gasteiger partial charge < -0.3 is 31.5 Å². The number of thiol groups is 1. The molecular formula is C14H22N4O7S. The van der Waals surface area contributed by atoms with Gasteiger partial charge in [-0.05, 0) is 19.4 Å². The lowest BCUT2D eigenvalue weighted by atomic mass is 10.1. The molecule has 0 radical (unpaired) electrons. The van der Waals surface area contributed by atoms with Crippen LogP contribution in [0.25, 0.3) is 0 Å². The number of rotatable bonds is 10. The smallest absolute Gasteiger partial charge is 0.322 e. The molecule has 1 saturated heterocycles. The zero-order chi connectivity index (χ0) is 19.7. The molecule has 1 heterocycles. The summed E-state index contributed by atoms with van der Waals surface area (Å²) < 4.78 is 0. The van der Waals surface area contributed by atoms with Gasteiger partial charge in [-0.1, -0.05) is 0 Å². The molecule has 26 heavy (non-hydrogen) atoms. The Labute approximate surface area is 154 Å². The molecule has 1 aliphatic heterocycles. The summed E-state index contributed by atoms with van der Waals surface area (Å²) in [6.07, 6.45) is 0.723. The number of amides is 3. The molecule has 12 heteroatoms. The maximum absolute atomic E-state index is 12.3. The highest BCUT2D eigenvalue weighted by molar-refractivity contribution is 7.80. The van der Waals surface area contributed by atoms with Gasteiger partial charge in [0.1, 0.15) is 18.6 Å². The highest BCUT2D eigenvalue weighted by Crippen LogP contribution is 2.05. The van der Waals surface area contributed by atoms with Gasteiger partial charge in [0, 0.05) is 5.75 Å². The average Bonchev–Trinajstić information content (AvgIpc) is 3.10. The van der Waals surface area contributed by atoms with Crippen molar-refractivity contribution in [2.24, 2.45) is 0 Å². The molecule has 146 valence electrons. The molecule has 3 unspecified atom stereocenters. The van der Waals surface area contributed by atoms with Gasteiger partial charge in [0.15, 0.2) is 0 Å². The van der Waals surface area contributed by atoms with Gasteiger partial charge in [-0.2, -0.15) is 12.6 Å². The van der Waals surface area contributed by atoms with Crippen molar-refractivity contribution in [2.75, 3.05) is 18.8 Å². The lowest BCUT2D eigenvalue weighted by Crippen LogP contribution is -2.57. The molecule has 11 nitrogen and oxygen atoms in total. The van der Waals surface area contributed by atoms with E-state index in [0.29, 0.717) is 13.0 Å². The number of carboxylic acids is 2. The van der Waals surface area contributed by atoms with E-state index in [1.54, 1.807) is 0 Å². The topological polar surface area (TPSA) is 174 Å². The van der Waals surface area contributed by atoms with Crippen LogP contribution in [-0.2, 0) is 24.0 Å². The van der Waals surface area contributed by atoms with E-state index in [0.717, 1.165) is 6.42 Å². The van der Waals surface area contributed by atoms with E-state index in [4.69, 9.17) is 10.2 Å². The molecule has 3 amide bonds. The van der Waals surface area contributed by atoms with E-state index in [-0.39, 0.29) is 11.7 Å². The van der Waals surface area contributed by atoms with Crippen LogP contribution in [0, 0.1) is 0 Å². The molecule has 6 N–H and O–H groups in total. The number of nitrogens with one attached hydrogen (secondary N) is 4. The molecule has 1 rings (SSSR count). The van der Waals surface area contributed by atoms with Crippen LogP contribution in [0.4, 0.5) is 0 Å². The second-order valence-corrected chi connectivity index (χ2v) is 6.03. The van der Waals surface area contributed by atoms with Crippen LogP contribution < -0.4 is 21.3 Å². The molecule has 3 atom stereocenters. The first-order valence-electron chi connectivity index (χ1n) is 7.91. The molecule has 0 saturated carbocycles. The summed E-state index contributed by atoms with van der Waals surface area (Å²) in [5.74, 6) is -4.87. The summed E-state index contributed by atoms with van der Waals surface area (Å²) in [6.45, 7) is -0.0227. The fourth-order valence-electron chi connectivity index (χ4n) is 2.32. The molecule has 0 aromatic heterocycles. The van der Waals surface area contributed by atoms with Gasteiger partial charge in [-0.15, -0.1) is 0 Å². The minimum absolute atomic E-state index is 0.0686. The molecule has 1 fully saturated rings. The maximum Gasteiger partial charge on any atom is 0.322 e. The van der Waals surface area contributed by atoms with E-state index in [2.05, 4.69) is 28.6 Å². The van der Waals surface area contributed by atoms with Crippen LogP contribution >= 0.6 is 12.6 Å². The van der Waals surface area contributed by atoms with Gasteiger partial charge in [0.05, 0.1) is 12.5 Å². The average molecular weight is 390 g/mol. The van der Waals surface area contributed by atoms with E-state index >= 15 is 0 Å². The first kappa shape index (κ1) is 21.7. The Kier molecular flexibility index (Phi) is 8.85. The standard InChI is InChI=1S/C14H22N4O7S/c19-10(20)4-8(12(23)16-5-11(21)22)17-14(25)9(6-26)18-13(24)7-2-1-3-15-7/h7-9,15,26H,1-6H2,(H,16,23)(H,17,25)(H,18,24)(H,19,20)(H,21,22). The van der Waals surface area contributed by atoms with Crippen molar-refractivity contribution >= 4 is 42.3 Å². The fourth-order valence-corrected chi connectivity index (χ4v) is 2.57. The lowest BCUT2D eigenvalue weighted by Gasteiger charge is -2.22. The minimum Gasteiger partial charge on any atom is -0.481 e. The third-order valence-corrected chi connectivity index (χ3v) is 3.98. The predicted octanol–water partition coefficient (Wildman–Crippen LogP) is -2.69. The van der Waals surface area contributed by atoms with Crippen molar-refractivity contribution in [1.82, 2.24) is 21.3 Å².